The van der Waals surface area contributed by atoms with Gasteiger partial charge in [0, 0.05) is 18.5 Å². The molecule has 25 heavy (non-hydrogen) atoms. The summed E-state index contributed by atoms with van der Waals surface area (Å²) >= 11 is 0. The largest absolute Gasteiger partial charge is 0.497 e. The van der Waals surface area contributed by atoms with E-state index >= 15 is 0 Å². The first-order chi connectivity index (χ1) is 11.9. The SMILES string of the molecule is COc1ccc(C(C)(C)CNC(=O)NCCc2ccc(F)cc2)cc1. The molecular formula is C20H25FN2O2. The number of methoxy groups -OCH3 is 1. The van der Waals surface area contributed by atoms with Crippen molar-refractivity contribution < 1.29 is 13.9 Å². The quantitative estimate of drug-likeness (QED) is 0.805. The predicted molar refractivity (Wildman–Crippen MR) is 97.5 cm³/mol. The molecule has 0 saturated carbocycles. The lowest BCUT2D eigenvalue weighted by Crippen LogP contribution is -2.42. The zero-order valence-electron chi connectivity index (χ0n) is 14.9. The van der Waals surface area contributed by atoms with E-state index in [4.69, 9.17) is 4.74 Å². The van der Waals surface area contributed by atoms with Crippen LogP contribution in [0.3, 0.4) is 0 Å². The Morgan fingerprint density at radius 1 is 1.04 bits per heavy atom. The van der Waals surface area contributed by atoms with Crippen molar-refractivity contribution in [3.63, 3.8) is 0 Å². The Labute approximate surface area is 148 Å². The maximum atomic E-state index is 12.8. The molecule has 4 nitrogen and oxygen atoms in total. The normalized spacial score (nSPS) is 11.0. The highest BCUT2D eigenvalue weighted by molar-refractivity contribution is 5.74. The molecule has 2 amide bonds. The predicted octanol–water partition coefficient (Wildman–Crippen LogP) is 3.65. The van der Waals surface area contributed by atoms with E-state index in [0.717, 1.165) is 16.9 Å². The van der Waals surface area contributed by atoms with E-state index in [-0.39, 0.29) is 17.3 Å². The summed E-state index contributed by atoms with van der Waals surface area (Å²) in [4.78, 5) is 12.0. The van der Waals surface area contributed by atoms with Gasteiger partial charge >= 0.3 is 6.03 Å². The molecule has 0 unspecified atom stereocenters. The van der Waals surface area contributed by atoms with Crippen LogP contribution in [-0.4, -0.2) is 26.2 Å². The van der Waals surface area contributed by atoms with E-state index in [1.165, 1.54) is 12.1 Å². The van der Waals surface area contributed by atoms with Crippen molar-refractivity contribution in [2.45, 2.75) is 25.7 Å². The van der Waals surface area contributed by atoms with Crippen LogP contribution in [0.15, 0.2) is 48.5 Å². The number of hydrogen-bond donors (Lipinski definition) is 2. The third-order valence-electron chi connectivity index (χ3n) is 4.17. The first-order valence-electron chi connectivity index (χ1n) is 8.31. The van der Waals surface area contributed by atoms with Gasteiger partial charge in [-0.1, -0.05) is 38.1 Å². The van der Waals surface area contributed by atoms with Crippen LogP contribution in [0.2, 0.25) is 0 Å². The Morgan fingerprint density at radius 2 is 1.68 bits per heavy atom. The van der Waals surface area contributed by atoms with E-state index in [0.29, 0.717) is 19.5 Å². The van der Waals surface area contributed by atoms with E-state index in [2.05, 4.69) is 24.5 Å². The average molecular weight is 344 g/mol. The van der Waals surface area contributed by atoms with Crippen molar-refractivity contribution in [3.05, 3.63) is 65.5 Å². The molecule has 0 aromatic heterocycles. The molecule has 2 aromatic rings. The minimum absolute atomic E-state index is 0.194. The number of hydrogen-bond acceptors (Lipinski definition) is 2. The van der Waals surface area contributed by atoms with Gasteiger partial charge in [-0.15, -0.1) is 0 Å². The number of halogens is 1. The van der Waals surface area contributed by atoms with Crippen LogP contribution >= 0.6 is 0 Å². The lowest BCUT2D eigenvalue weighted by Gasteiger charge is -2.26. The van der Waals surface area contributed by atoms with E-state index < -0.39 is 0 Å². The highest BCUT2D eigenvalue weighted by Gasteiger charge is 2.21. The number of carbonyl (C=O) groups excluding carboxylic acids is 1. The van der Waals surface area contributed by atoms with E-state index in [1.54, 1.807) is 19.2 Å². The molecule has 0 radical (unpaired) electrons. The van der Waals surface area contributed by atoms with Crippen molar-refractivity contribution >= 4 is 6.03 Å². The molecule has 0 atom stereocenters. The van der Waals surface area contributed by atoms with Crippen molar-refractivity contribution in [2.75, 3.05) is 20.2 Å². The summed E-state index contributed by atoms with van der Waals surface area (Å²) in [6.45, 7) is 5.17. The maximum Gasteiger partial charge on any atom is 0.314 e. The molecule has 0 saturated heterocycles. The van der Waals surface area contributed by atoms with Gasteiger partial charge in [0.25, 0.3) is 0 Å². The Morgan fingerprint density at radius 3 is 2.28 bits per heavy atom. The van der Waals surface area contributed by atoms with Crippen LogP contribution < -0.4 is 15.4 Å². The van der Waals surface area contributed by atoms with Crippen LogP contribution in [0.25, 0.3) is 0 Å². The zero-order chi connectivity index (χ0) is 18.3. The number of ether oxygens (including phenoxy) is 1. The summed E-state index contributed by atoms with van der Waals surface area (Å²) in [5, 5.41) is 5.73. The highest BCUT2D eigenvalue weighted by Crippen LogP contribution is 2.24. The maximum absolute atomic E-state index is 12.8. The number of rotatable bonds is 7. The van der Waals surface area contributed by atoms with Gasteiger partial charge in [-0.05, 0) is 41.8 Å². The van der Waals surface area contributed by atoms with E-state index in [9.17, 15) is 9.18 Å². The average Bonchev–Trinajstić information content (AvgIpc) is 2.62. The topological polar surface area (TPSA) is 50.4 Å². The second-order valence-corrected chi connectivity index (χ2v) is 6.60. The Kier molecular flexibility index (Phi) is 6.39. The number of nitrogens with one attached hydrogen (secondary N) is 2. The molecule has 0 aliphatic carbocycles. The third kappa shape index (κ3) is 5.78. The van der Waals surface area contributed by atoms with E-state index in [1.807, 2.05) is 24.3 Å². The molecule has 2 rings (SSSR count). The Balaban J connectivity index is 1.76. The second kappa shape index (κ2) is 8.51. The smallest absolute Gasteiger partial charge is 0.314 e. The lowest BCUT2D eigenvalue weighted by atomic mass is 9.84. The Bertz CT molecular complexity index is 682. The minimum Gasteiger partial charge on any atom is -0.497 e. The first-order valence-corrected chi connectivity index (χ1v) is 8.31. The fourth-order valence-corrected chi connectivity index (χ4v) is 2.48. The van der Waals surface area contributed by atoms with Crippen molar-refractivity contribution in [3.8, 4) is 5.75 Å². The standard InChI is InChI=1S/C20H25FN2O2/c1-20(2,16-6-10-18(25-3)11-7-16)14-23-19(24)22-13-12-15-4-8-17(21)9-5-15/h4-11H,12-14H2,1-3H3,(H2,22,23,24). The monoisotopic (exact) mass is 344 g/mol. The van der Waals surface area contributed by atoms with Crippen molar-refractivity contribution in [2.24, 2.45) is 0 Å². The van der Waals surface area contributed by atoms with Gasteiger partial charge in [0.1, 0.15) is 11.6 Å². The van der Waals surface area contributed by atoms with Gasteiger partial charge in [-0.25, -0.2) is 9.18 Å². The molecule has 0 aliphatic heterocycles. The van der Waals surface area contributed by atoms with Crippen LogP contribution in [0, 0.1) is 5.82 Å². The minimum atomic E-state index is -0.254. The van der Waals surface area contributed by atoms with Gasteiger partial charge in [-0.2, -0.15) is 0 Å². The fraction of sp³-hybridized carbons (Fsp3) is 0.350. The molecule has 0 fully saturated rings. The third-order valence-corrected chi connectivity index (χ3v) is 4.17. The van der Waals surface area contributed by atoms with Crippen LogP contribution in [-0.2, 0) is 11.8 Å². The van der Waals surface area contributed by atoms with Crippen molar-refractivity contribution in [1.29, 1.82) is 0 Å². The molecule has 134 valence electrons. The number of amides is 2. The van der Waals surface area contributed by atoms with Gasteiger partial charge < -0.3 is 15.4 Å². The summed E-state index contributed by atoms with van der Waals surface area (Å²) in [6.07, 6.45) is 0.662. The highest BCUT2D eigenvalue weighted by atomic mass is 19.1. The summed E-state index contributed by atoms with van der Waals surface area (Å²) < 4.78 is 18.0. The molecule has 2 N–H and O–H groups in total. The van der Waals surface area contributed by atoms with Crippen LogP contribution in [0.5, 0.6) is 5.75 Å². The summed E-state index contributed by atoms with van der Waals surface area (Å²) in [5.74, 6) is 0.557. The molecule has 0 spiro atoms. The van der Waals surface area contributed by atoms with Gasteiger partial charge in [-0.3, -0.25) is 0 Å². The van der Waals surface area contributed by atoms with Gasteiger partial charge in [0.2, 0.25) is 0 Å². The van der Waals surface area contributed by atoms with Gasteiger partial charge in [0.15, 0.2) is 0 Å². The van der Waals surface area contributed by atoms with Crippen LogP contribution in [0.4, 0.5) is 9.18 Å². The summed E-state index contributed by atoms with van der Waals surface area (Å²) in [7, 11) is 1.64. The molecule has 0 bridgehead atoms. The number of urea groups is 1. The zero-order valence-corrected chi connectivity index (χ0v) is 14.9. The molecule has 0 heterocycles. The van der Waals surface area contributed by atoms with Crippen molar-refractivity contribution in [1.82, 2.24) is 10.6 Å². The molecule has 0 aliphatic rings. The molecular weight excluding hydrogens is 319 g/mol. The fourth-order valence-electron chi connectivity index (χ4n) is 2.48. The molecule has 2 aromatic carbocycles. The lowest BCUT2D eigenvalue weighted by molar-refractivity contribution is 0.238. The number of benzene rings is 2. The number of carbonyl (C=O) groups is 1. The Hall–Kier alpha value is -2.56. The van der Waals surface area contributed by atoms with Gasteiger partial charge in [0.05, 0.1) is 7.11 Å². The second-order valence-electron chi connectivity index (χ2n) is 6.60. The summed E-state index contributed by atoms with van der Waals surface area (Å²) in [6, 6.07) is 13.9. The summed E-state index contributed by atoms with van der Waals surface area (Å²) in [5.41, 5.74) is 1.92. The van der Waals surface area contributed by atoms with Crippen LogP contribution in [0.1, 0.15) is 25.0 Å². The first kappa shape index (κ1) is 18.8. The molecule has 5 heteroatoms.